The molecule has 6 rings (SSSR count). The van der Waals surface area contributed by atoms with Crippen molar-refractivity contribution in [3.05, 3.63) is 76.6 Å². The number of aryl methyl sites for hydroxylation is 1. The summed E-state index contributed by atoms with van der Waals surface area (Å²) in [4.78, 5) is 33.4. The van der Waals surface area contributed by atoms with E-state index in [-0.39, 0.29) is 54.3 Å². The summed E-state index contributed by atoms with van der Waals surface area (Å²) in [5, 5.41) is 24.4. The van der Waals surface area contributed by atoms with E-state index in [2.05, 4.69) is 31.9 Å². The smallest absolute Gasteiger partial charge is 0.370 e. The van der Waals surface area contributed by atoms with Crippen LogP contribution in [-0.2, 0) is 31.1 Å². The molecule has 2 aliphatic heterocycles. The Morgan fingerprint density at radius 2 is 1.85 bits per heavy atom. The predicted octanol–water partition coefficient (Wildman–Crippen LogP) is 4.98. The van der Waals surface area contributed by atoms with Crippen LogP contribution in [0.4, 0.5) is 24.8 Å². The average Bonchev–Trinajstić information content (AvgIpc) is 3.73. The normalized spacial score (nSPS) is 16.2. The summed E-state index contributed by atoms with van der Waals surface area (Å²) < 4.78 is 45.1. The Hall–Kier alpha value is -5.29. The number of benzene rings is 2. The molecule has 1 fully saturated rings. The van der Waals surface area contributed by atoms with Gasteiger partial charge >= 0.3 is 6.18 Å². The van der Waals surface area contributed by atoms with E-state index in [9.17, 15) is 28.0 Å². The Bertz CT molecular complexity index is 1950. The molecular weight excluding hydrogens is 623 g/mol. The van der Waals surface area contributed by atoms with Crippen molar-refractivity contribution in [2.24, 2.45) is 13.0 Å². The molecule has 2 aromatic heterocycles. The number of nitrogens with zero attached hydrogens (tertiary/aromatic N) is 7. The van der Waals surface area contributed by atoms with Gasteiger partial charge in [-0.05, 0) is 70.6 Å². The van der Waals surface area contributed by atoms with Crippen molar-refractivity contribution in [1.29, 1.82) is 5.26 Å². The Labute approximate surface area is 275 Å². The lowest BCUT2D eigenvalue weighted by Crippen LogP contribution is -2.31. The molecular formula is C34H34F3N9O2. The molecule has 1 saturated heterocycles. The number of anilines is 2. The maximum absolute atomic E-state index is 14.5. The van der Waals surface area contributed by atoms with Gasteiger partial charge in [0.1, 0.15) is 18.0 Å². The van der Waals surface area contributed by atoms with Crippen LogP contribution in [0.2, 0.25) is 0 Å². The van der Waals surface area contributed by atoms with E-state index in [1.165, 1.54) is 11.0 Å². The van der Waals surface area contributed by atoms with Gasteiger partial charge in [0.05, 0.1) is 23.7 Å². The zero-order valence-corrected chi connectivity index (χ0v) is 26.9. The van der Waals surface area contributed by atoms with Gasteiger partial charge in [-0.2, -0.15) is 18.4 Å². The second-order valence-corrected chi connectivity index (χ2v) is 12.6. The first kappa shape index (κ1) is 32.6. The number of fused-ring (bicyclic) bond motifs is 1. The summed E-state index contributed by atoms with van der Waals surface area (Å²) in [5.74, 6) is 0.723. The zero-order valence-electron chi connectivity index (χ0n) is 26.9. The molecule has 11 nitrogen and oxygen atoms in total. The van der Waals surface area contributed by atoms with Gasteiger partial charge < -0.3 is 20.1 Å². The number of hydrogen-bond acceptors (Lipinski definition) is 8. The second kappa shape index (κ2) is 12.7. The van der Waals surface area contributed by atoms with E-state index in [0.717, 1.165) is 6.07 Å². The number of rotatable bonds is 9. The molecule has 1 atom stereocenters. The fraction of sp³-hybridized carbons (Fsp3) is 0.353. The van der Waals surface area contributed by atoms with E-state index in [1.54, 1.807) is 60.2 Å². The van der Waals surface area contributed by atoms with E-state index < -0.39 is 17.6 Å². The fourth-order valence-electron chi connectivity index (χ4n) is 6.05. The number of likely N-dealkylation sites (tertiary alicyclic amines) is 1. The minimum absolute atomic E-state index is 0.0386. The van der Waals surface area contributed by atoms with E-state index in [4.69, 9.17) is 0 Å². The number of nitriles is 1. The first-order valence-electron chi connectivity index (χ1n) is 15.5. The molecule has 2 amide bonds. The van der Waals surface area contributed by atoms with Crippen molar-refractivity contribution < 1.29 is 22.8 Å². The maximum Gasteiger partial charge on any atom is 0.416 e. The van der Waals surface area contributed by atoms with Crippen LogP contribution in [0.1, 0.15) is 52.9 Å². The highest BCUT2D eigenvalue weighted by Gasteiger charge is 2.41. The lowest BCUT2D eigenvalue weighted by molar-refractivity contribution is -0.138. The molecule has 0 radical (unpaired) electrons. The number of carbonyl (C=O) groups is 2. The maximum atomic E-state index is 14.5. The summed E-state index contributed by atoms with van der Waals surface area (Å²) >= 11 is 0. The third-order valence-electron chi connectivity index (χ3n) is 8.53. The molecule has 0 bridgehead atoms. The molecule has 4 heterocycles. The number of aromatic nitrogens is 4. The van der Waals surface area contributed by atoms with E-state index >= 15 is 0 Å². The number of pyridine rings is 1. The van der Waals surface area contributed by atoms with Crippen LogP contribution in [0.15, 0.2) is 48.8 Å². The van der Waals surface area contributed by atoms with Crippen molar-refractivity contribution in [2.45, 2.75) is 45.6 Å². The number of alkyl halides is 3. The van der Waals surface area contributed by atoms with E-state index in [0.29, 0.717) is 52.5 Å². The second-order valence-electron chi connectivity index (χ2n) is 12.6. The van der Waals surface area contributed by atoms with Crippen molar-refractivity contribution >= 4 is 23.5 Å². The molecule has 4 aromatic rings. The first-order chi connectivity index (χ1) is 22.8. The Balaban J connectivity index is 1.41. The summed E-state index contributed by atoms with van der Waals surface area (Å²) in [6.07, 6.45) is -2.90. The minimum Gasteiger partial charge on any atom is -0.370 e. The lowest BCUT2D eigenvalue weighted by atomic mass is 9.97. The topological polar surface area (TPSA) is 132 Å². The van der Waals surface area contributed by atoms with Gasteiger partial charge in [-0.25, -0.2) is 4.98 Å². The van der Waals surface area contributed by atoms with Gasteiger partial charge in [-0.1, -0.05) is 13.8 Å². The lowest BCUT2D eigenvalue weighted by Gasteiger charge is -2.20. The molecule has 2 aromatic carbocycles. The van der Waals surface area contributed by atoms with Crippen molar-refractivity contribution in [3.8, 4) is 28.6 Å². The standard InChI is InChI=1S/C34H34F3N9O2/c1-19(2)14-40-29-10-22(25-7-20(13-38)5-6-24(25)32-43-41-18-45(32)4)11-30(42-29)46-17-27-26(33(46)48)8-21(9-28(27)34(35,36)37)15-39-23-12-31(47)44(3)16-23/h5-11,18-19,23,39H,12,14-17H2,1-4H3,(H,40,42). The Morgan fingerprint density at radius 1 is 1.06 bits per heavy atom. The highest BCUT2D eigenvalue weighted by atomic mass is 19.4. The number of amides is 2. The molecule has 248 valence electrons. The van der Waals surface area contributed by atoms with Gasteiger partial charge in [0.25, 0.3) is 5.91 Å². The van der Waals surface area contributed by atoms with Crippen LogP contribution in [0.5, 0.6) is 0 Å². The summed E-state index contributed by atoms with van der Waals surface area (Å²) in [6, 6.07) is 13.1. The summed E-state index contributed by atoms with van der Waals surface area (Å²) in [7, 11) is 3.47. The van der Waals surface area contributed by atoms with Gasteiger partial charge in [0, 0.05) is 57.3 Å². The van der Waals surface area contributed by atoms with Crippen molar-refractivity contribution in [3.63, 3.8) is 0 Å². The quantitative estimate of drug-likeness (QED) is 0.258. The van der Waals surface area contributed by atoms with E-state index in [1.807, 2.05) is 13.8 Å². The van der Waals surface area contributed by atoms with Crippen LogP contribution in [-0.4, -0.2) is 62.6 Å². The average molecular weight is 658 g/mol. The molecule has 2 N–H and O–H groups in total. The summed E-state index contributed by atoms with van der Waals surface area (Å²) in [5.41, 5.74) is 1.50. The SMILES string of the molecule is CC(C)CNc1cc(-c2cc(C#N)ccc2-c2nncn2C)cc(N2Cc3c(cc(CNC4CC(=O)N(C)C4)cc3C(F)(F)F)C2=O)n1. The van der Waals surface area contributed by atoms with Crippen LogP contribution >= 0.6 is 0 Å². The molecule has 0 spiro atoms. The number of likely N-dealkylation sites (N-methyl/N-ethyl adjacent to an activating group) is 1. The number of halogens is 3. The molecule has 0 aliphatic carbocycles. The van der Waals surface area contributed by atoms with Crippen molar-refractivity contribution in [1.82, 2.24) is 30.0 Å². The molecule has 0 saturated carbocycles. The zero-order chi connectivity index (χ0) is 34.3. The van der Waals surface area contributed by atoms with Crippen LogP contribution < -0.4 is 15.5 Å². The Kier molecular flexibility index (Phi) is 8.65. The third kappa shape index (κ3) is 6.46. The van der Waals surface area contributed by atoms with Crippen LogP contribution in [0.3, 0.4) is 0 Å². The van der Waals surface area contributed by atoms with Gasteiger partial charge in [-0.15, -0.1) is 10.2 Å². The van der Waals surface area contributed by atoms with Gasteiger partial charge in [-0.3, -0.25) is 14.5 Å². The fourth-order valence-corrected chi connectivity index (χ4v) is 6.05. The highest BCUT2D eigenvalue weighted by Crippen LogP contribution is 2.41. The van der Waals surface area contributed by atoms with Crippen LogP contribution in [0, 0.1) is 17.2 Å². The molecule has 2 aliphatic rings. The number of nitrogens with one attached hydrogen (secondary N) is 2. The highest BCUT2D eigenvalue weighted by molar-refractivity contribution is 6.10. The summed E-state index contributed by atoms with van der Waals surface area (Å²) in [6.45, 7) is 4.78. The Morgan fingerprint density at radius 3 is 2.50 bits per heavy atom. The van der Waals surface area contributed by atoms with Crippen molar-refractivity contribution in [2.75, 3.05) is 30.4 Å². The predicted molar refractivity (Wildman–Crippen MR) is 173 cm³/mol. The first-order valence-corrected chi connectivity index (χ1v) is 15.5. The monoisotopic (exact) mass is 657 g/mol. The van der Waals surface area contributed by atoms with Crippen LogP contribution in [0.25, 0.3) is 22.5 Å². The van der Waals surface area contributed by atoms with Gasteiger partial charge in [0.2, 0.25) is 5.91 Å². The van der Waals surface area contributed by atoms with Gasteiger partial charge in [0.15, 0.2) is 5.82 Å². The molecule has 1 unspecified atom stereocenters. The minimum atomic E-state index is -4.71. The largest absolute Gasteiger partial charge is 0.416 e. The molecule has 14 heteroatoms. The number of hydrogen-bond donors (Lipinski definition) is 2. The third-order valence-corrected chi connectivity index (χ3v) is 8.53. The number of carbonyl (C=O) groups excluding carboxylic acids is 2. The molecule has 48 heavy (non-hydrogen) atoms.